The van der Waals surface area contributed by atoms with Gasteiger partial charge < -0.3 is 20.4 Å². The summed E-state index contributed by atoms with van der Waals surface area (Å²) in [6.45, 7) is 12.1. The molecule has 0 aliphatic carbocycles. The van der Waals surface area contributed by atoms with E-state index in [2.05, 4.69) is 13.8 Å². The lowest BCUT2D eigenvalue weighted by molar-refractivity contribution is -0.138. The molecule has 0 unspecified atom stereocenters. The van der Waals surface area contributed by atoms with Crippen LogP contribution in [0.3, 0.4) is 0 Å². The Kier molecular flexibility index (Phi) is 10.2. The molecule has 0 saturated carbocycles. The highest BCUT2D eigenvalue weighted by atomic mass is 16.4. The number of phenolic OH excluding ortho intramolecular Hbond substituents is 1. The fraction of sp³-hybridized carbons (Fsp3) is 0.667. The molecule has 1 aromatic carbocycles. The van der Waals surface area contributed by atoms with Crippen LogP contribution in [0.5, 0.6) is 5.75 Å². The van der Waals surface area contributed by atoms with E-state index in [0.717, 1.165) is 16.7 Å². The van der Waals surface area contributed by atoms with E-state index >= 15 is 0 Å². The smallest absolute Gasteiger partial charge is 0.303 e. The molecule has 0 radical (unpaired) electrons. The van der Waals surface area contributed by atoms with Crippen molar-refractivity contribution in [2.45, 2.75) is 116 Å². The van der Waals surface area contributed by atoms with Gasteiger partial charge in [-0.1, -0.05) is 53.7 Å². The Morgan fingerprint density at radius 1 is 0.618 bits per heavy atom. The molecule has 7 nitrogen and oxygen atoms in total. The molecule has 34 heavy (non-hydrogen) atoms. The van der Waals surface area contributed by atoms with Gasteiger partial charge >= 0.3 is 17.9 Å². The number of rotatable bonds is 15. The SMILES string of the molecule is CC(C)(CCCC(=O)O)c1cc(C(C)(C)CCCC(=O)O)c(O)c(C(C)(C)CCCC(=O)O)c1. The summed E-state index contributed by atoms with van der Waals surface area (Å²) < 4.78 is 0. The summed E-state index contributed by atoms with van der Waals surface area (Å²) in [7, 11) is 0. The molecule has 0 amide bonds. The normalized spacial score (nSPS) is 12.5. The van der Waals surface area contributed by atoms with Crippen molar-refractivity contribution in [3.05, 3.63) is 28.8 Å². The van der Waals surface area contributed by atoms with Crippen molar-refractivity contribution in [1.82, 2.24) is 0 Å². The first-order valence-electron chi connectivity index (χ1n) is 12.0. The first-order valence-corrected chi connectivity index (χ1v) is 12.0. The van der Waals surface area contributed by atoms with Gasteiger partial charge in [-0.15, -0.1) is 0 Å². The molecule has 7 heteroatoms. The summed E-state index contributed by atoms with van der Waals surface area (Å²) in [6, 6.07) is 3.96. The van der Waals surface area contributed by atoms with Crippen molar-refractivity contribution in [3.8, 4) is 5.75 Å². The van der Waals surface area contributed by atoms with Gasteiger partial charge in [0.1, 0.15) is 5.75 Å². The molecule has 1 aromatic rings. The van der Waals surface area contributed by atoms with Gasteiger partial charge in [-0.05, 0) is 60.3 Å². The van der Waals surface area contributed by atoms with E-state index in [1.165, 1.54) is 0 Å². The summed E-state index contributed by atoms with van der Waals surface area (Å²) in [4.78, 5) is 33.1. The Hall–Kier alpha value is -2.57. The van der Waals surface area contributed by atoms with Crippen LogP contribution in [0.25, 0.3) is 0 Å². The molecule has 0 aliphatic heterocycles. The fourth-order valence-corrected chi connectivity index (χ4v) is 4.52. The molecular formula is C27H42O7. The van der Waals surface area contributed by atoms with Gasteiger partial charge in [0.25, 0.3) is 0 Å². The van der Waals surface area contributed by atoms with E-state index in [1.54, 1.807) is 0 Å². The maximum atomic E-state index is 11.4. The summed E-state index contributed by atoms with van der Waals surface area (Å²) in [5.41, 5.74) is 1.14. The third kappa shape index (κ3) is 8.65. The van der Waals surface area contributed by atoms with Gasteiger partial charge in [0.15, 0.2) is 0 Å². The molecule has 0 aliphatic rings. The molecule has 1 rings (SSSR count). The van der Waals surface area contributed by atoms with E-state index in [-0.39, 0.29) is 30.4 Å². The van der Waals surface area contributed by atoms with Crippen molar-refractivity contribution >= 4 is 17.9 Å². The van der Waals surface area contributed by atoms with Gasteiger partial charge in [-0.25, -0.2) is 0 Å². The number of aliphatic carboxylic acids is 3. The van der Waals surface area contributed by atoms with Gasteiger partial charge in [0.2, 0.25) is 0 Å². The van der Waals surface area contributed by atoms with Crippen LogP contribution in [0.4, 0.5) is 0 Å². The number of hydrogen-bond acceptors (Lipinski definition) is 4. The van der Waals surface area contributed by atoms with Crippen molar-refractivity contribution < 1.29 is 34.8 Å². The summed E-state index contributed by atoms with van der Waals surface area (Å²) in [5, 5.41) is 38.5. The Balaban J connectivity index is 3.50. The second-order valence-electron chi connectivity index (χ2n) is 11.3. The zero-order valence-electron chi connectivity index (χ0n) is 21.5. The number of phenols is 1. The first kappa shape index (κ1) is 29.5. The molecule has 0 heterocycles. The Morgan fingerprint density at radius 2 is 0.912 bits per heavy atom. The Labute approximate surface area is 203 Å². The number of benzene rings is 1. The van der Waals surface area contributed by atoms with Crippen LogP contribution in [0.1, 0.15) is 116 Å². The molecule has 0 fully saturated rings. The monoisotopic (exact) mass is 478 g/mol. The van der Waals surface area contributed by atoms with Gasteiger partial charge in [-0.2, -0.15) is 0 Å². The van der Waals surface area contributed by atoms with Gasteiger partial charge in [0, 0.05) is 30.4 Å². The number of carboxylic acid groups (broad SMARTS) is 3. The molecule has 0 bridgehead atoms. The standard InChI is InChI=1S/C27H42O7/c1-25(2,13-7-10-21(28)29)18-16-19(26(3,4)14-8-11-22(30)31)24(34)20(17-18)27(5,6)15-9-12-23(32)33/h16-17,34H,7-15H2,1-6H3,(H,28,29)(H,30,31)(H,32,33). The average Bonchev–Trinajstić information content (AvgIpc) is 2.66. The lowest BCUT2D eigenvalue weighted by Gasteiger charge is -2.35. The highest BCUT2D eigenvalue weighted by Gasteiger charge is 2.34. The predicted molar refractivity (Wildman–Crippen MR) is 132 cm³/mol. The minimum atomic E-state index is -0.853. The van der Waals surface area contributed by atoms with Crippen LogP contribution >= 0.6 is 0 Å². The Morgan fingerprint density at radius 3 is 1.21 bits per heavy atom. The lowest BCUT2D eigenvalue weighted by Crippen LogP contribution is -2.26. The zero-order valence-corrected chi connectivity index (χ0v) is 21.5. The van der Waals surface area contributed by atoms with Crippen LogP contribution in [-0.2, 0) is 30.6 Å². The predicted octanol–water partition coefficient (Wildman–Crippen LogP) is 5.99. The van der Waals surface area contributed by atoms with Crippen molar-refractivity contribution in [2.75, 3.05) is 0 Å². The molecule has 0 atom stereocenters. The van der Waals surface area contributed by atoms with Crippen LogP contribution in [0, 0.1) is 0 Å². The van der Waals surface area contributed by atoms with Crippen LogP contribution in [-0.4, -0.2) is 38.3 Å². The second-order valence-corrected chi connectivity index (χ2v) is 11.3. The highest BCUT2D eigenvalue weighted by molar-refractivity contribution is 5.67. The van der Waals surface area contributed by atoms with Crippen molar-refractivity contribution in [3.63, 3.8) is 0 Å². The van der Waals surface area contributed by atoms with Crippen molar-refractivity contribution in [2.24, 2.45) is 0 Å². The number of carbonyl (C=O) groups is 3. The third-order valence-corrected chi connectivity index (χ3v) is 6.93. The number of aromatic hydroxyl groups is 1. The van der Waals surface area contributed by atoms with E-state index in [4.69, 9.17) is 15.3 Å². The third-order valence-electron chi connectivity index (χ3n) is 6.93. The van der Waals surface area contributed by atoms with Crippen LogP contribution in [0.15, 0.2) is 12.1 Å². The molecule has 192 valence electrons. The maximum absolute atomic E-state index is 11.4. The van der Waals surface area contributed by atoms with Crippen LogP contribution < -0.4 is 0 Å². The van der Waals surface area contributed by atoms with E-state index < -0.39 is 28.7 Å². The second kappa shape index (κ2) is 11.7. The maximum Gasteiger partial charge on any atom is 0.303 e. The number of hydrogen-bond donors (Lipinski definition) is 4. The highest BCUT2D eigenvalue weighted by Crippen LogP contribution is 2.46. The van der Waals surface area contributed by atoms with E-state index in [9.17, 15) is 19.5 Å². The molecule has 4 N–H and O–H groups in total. The zero-order chi connectivity index (χ0) is 26.3. The Bertz CT molecular complexity index is 828. The number of carboxylic acids is 3. The van der Waals surface area contributed by atoms with Gasteiger partial charge in [0.05, 0.1) is 0 Å². The average molecular weight is 479 g/mol. The fourth-order valence-electron chi connectivity index (χ4n) is 4.52. The first-order chi connectivity index (χ1) is 15.5. The molecule has 0 spiro atoms. The minimum absolute atomic E-state index is 0.0537. The van der Waals surface area contributed by atoms with E-state index in [0.29, 0.717) is 38.5 Å². The lowest BCUT2D eigenvalue weighted by atomic mass is 9.70. The largest absolute Gasteiger partial charge is 0.507 e. The van der Waals surface area contributed by atoms with Crippen molar-refractivity contribution in [1.29, 1.82) is 0 Å². The molecular weight excluding hydrogens is 436 g/mol. The minimum Gasteiger partial charge on any atom is -0.507 e. The molecule has 0 saturated heterocycles. The summed E-state index contributed by atoms with van der Waals surface area (Å²) in [6.07, 6.45) is 3.48. The topological polar surface area (TPSA) is 132 Å². The summed E-state index contributed by atoms with van der Waals surface area (Å²) in [5.74, 6) is -2.37. The quantitative estimate of drug-likeness (QED) is 0.243. The van der Waals surface area contributed by atoms with Crippen LogP contribution in [0.2, 0.25) is 0 Å². The van der Waals surface area contributed by atoms with E-state index in [1.807, 2.05) is 39.8 Å². The van der Waals surface area contributed by atoms with Gasteiger partial charge in [-0.3, -0.25) is 14.4 Å². The summed E-state index contributed by atoms with van der Waals surface area (Å²) >= 11 is 0. The molecule has 0 aromatic heterocycles.